The quantitative estimate of drug-likeness (QED) is 0.850. The number of piperazine rings is 1. The van der Waals surface area contributed by atoms with Gasteiger partial charge in [0.15, 0.2) is 0 Å². The van der Waals surface area contributed by atoms with Gasteiger partial charge in [-0.1, -0.05) is 44.2 Å². The normalized spacial score (nSPS) is 24.8. The van der Waals surface area contributed by atoms with Crippen molar-refractivity contribution in [2.45, 2.75) is 38.9 Å². The first-order chi connectivity index (χ1) is 9.19. The third kappa shape index (κ3) is 4.30. The molecule has 1 aromatic carbocycles. The number of aliphatic hydroxyl groups is 1. The molecule has 1 fully saturated rings. The fraction of sp³-hybridized carbons (Fsp3) is 0.625. The number of benzene rings is 1. The topological polar surface area (TPSA) is 35.5 Å². The molecular weight excluding hydrogens is 236 g/mol. The Morgan fingerprint density at radius 2 is 2.05 bits per heavy atom. The van der Waals surface area contributed by atoms with Gasteiger partial charge in [-0.3, -0.25) is 4.90 Å². The summed E-state index contributed by atoms with van der Waals surface area (Å²) < 4.78 is 0. The van der Waals surface area contributed by atoms with Gasteiger partial charge in [-0.25, -0.2) is 0 Å². The molecular formula is C16H26N2O. The predicted octanol–water partition coefficient (Wildman–Crippen LogP) is 1.87. The van der Waals surface area contributed by atoms with Crippen molar-refractivity contribution in [2.75, 3.05) is 19.7 Å². The second-order valence-corrected chi connectivity index (χ2v) is 5.99. The van der Waals surface area contributed by atoms with Gasteiger partial charge in [0.1, 0.15) is 0 Å². The lowest BCUT2D eigenvalue weighted by Crippen LogP contribution is -2.57. The molecule has 0 radical (unpaired) electrons. The molecule has 106 valence electrons. The van der Waals surface area contributed by atoms with E-state index in [4.69, 9.17) is 0 Å². The lowest BCUT2D eigenvalue weighted by molar-refractivity contribution is 0.0700. The first kappa shape index (κ1) is 14.5. The molecule has 0 aliphatic carbocycles. The van der Waals surface area contributed by atoms with Crippen LogP contribution in [-0.2, 0) is 6.54 Å². The van der Waals surface area contributed by atoms with Crippen LogP contribution in [0.5, 0.6) is 0 Å². The average molecular weight is 262 g/mol. The minimum Gasteiger partial charge on any atom is -0.395 e. The fourth-order valence-corrected chi connectivity index (χ4v) is 2.85. The number of hydrogen-bond acceptors (Lipinski definition) is 3. The highest BCUT2D eigenvalue weighted by Crippen LogP contribution is 2.16. The highest BCUT2D eigenvalue weighted by Gasteiger charge is 2.27. The molecule has 0 aromatic heterocycles. The van der Waals surface area contributed by atoms with Gasteiger partial charge in [0.05, 0.1) is 6.61 Å². The molecule has 1 saturated heterocycles. The molecule has 3 heteroatoms. The van der Waals surface area contributed by atoms with Gasteiger partial charge >= 0.3 is 0 Å². The molecule has 0 saturated carbocycles. The summed E-state index contributed by atoms with van der Waals surface area (Å²) in [6.45, 7) is 7.61. The third-order valence-corrected chi connectivity index (χ3v) is 3.81. The van der Waals surface area contributed by atoms with E-state index in [0.717, 1.165) is 19.6 Å². The molecule has 1 aliphatic rings. The van der Waals surface area contributed by atoms with Gasteiger partial charge in [-0.05, 0) is 17.9 Å². The zero-order valence-corrected chi connectivity index (χ0v) is 12.0. The monoisotopic (exact) mass is 262 g/mol. The molecule has 2 unspecified atom stereocenters. The Labute approximate surface area is 116 Å². The van der Waals surface area contributed by atoms with Crippen molar-refractivity contribution in [1.82, 2.24) is 10.2 Å². The summed E-state index contributed by atoms with van der Waals surface area (Å²) in [4.78, 5) is 2.42. The van der Waals surface area contributed by atoms with Crippen molar-refractivity contribution >= 4 is 0 Å². The zero-order valence-electron chi connectivity index (χ0n) is 12.0. The number of hydrogen-bond donors (Lipinski definition) is 2. The van der Waals surface area contributed by atoms with Gasteiger partial charge in [0.2, 0.25) is 0 Å². The Bertz CT molecular complexity index is 366. The Kier molecular flexibility index (Phi) is 5.37. The van der Waals surface area contributed by atoms with Crippen LogP contribution >= 0.6 is 0 Å². The van der Waals surface area contributed by atoms with Crippen LogP contribution in [0.25, 0.3) is 0 Å². The largest absolute Gasteiger partial charge is 0.395 e. The van der Waals surface area contributed by atoms with E-state index in [9.17, 15) is 5.11 Å². The average Bonchev–Trinajstić information content (AvgIpc) is 2.39. The van der Waals surface area contributed by atoms with E-state index in [1.807, 2.05) is 6.07 Å². The van der Waals surface area contributed by atoms with E-state index in [1.165, 1.54) is 12.0 Å². The summed E-state index contributed by atoms with van der Waals surface area (Å²) >= 11 is 0. The van der Waals surface area contributed by atoms with E-state index in [1.54, 1.807) is 0 Å². The number of rotatable bonds is 5. The molecule has 1 aliphatic heterocycles. The second-order valence-electron chi connectivity index (χ2n) is 5.99. The van der Waals surface area contributed by atoms with Gasteiger partial charge in [-0.2, -0.15) is 0 Å². The summed E-state index contributed by atoms with van der Waals surface area (Å²) in [6, 6.07) is 11.3. The predicted molar refractivity (Wildman–Crippen MR) is 79.0 cm³/mol. The number of nitrogens with one attached hydrogen (secondary N) is 1. The summed E-state index contributed by atoms with van der Waals surface area (Å²) in [6.07, 6.45) is 1.20. The zero-order chi connectivity index (χ0) is 13.7. The van der Waals surface area contributed by atoms with E-state index in [2.05, 4.69) is 48.3 Å². The molecule has 3 nitrogen and oxygen atoms in total. The van der Waals surface area contributed by atoms with Gasteiger partial charge in [-0.15, -0.1) is 0 Å². The Hall–Kier alpha value is -0.900. The molecule has 0 spiro atoms. The van der Waals surface area contributed by atoms with Crippen molar-refractivity contribution in [1.29, 1.82) is 0 Å². The van der Waals surface area contributed by atoms with E-state index in [-0.39, 0.29) is 12.6 Å². The molecule has 2 atom stereocenters. The van der Waals surface area contributed by atoms with Crippen molar-refractivity contribution < 1.29 is 5.11 Å². The minimum atomic E-state index is 0.230. The Morgan fingerprint density at radius 1 is 1.32 bits per heavy atom. The highest BCUT2D eigenvalue weighted by molar-refractivity contribution is 5.14. The smallest absolute Gasteiger partial charge is 0.0599 e. The minimum absolute atomic E-state index is 0.230. The van der Waals surface area contributed by atoms with Gasteiger partial charge < -0.3 is 10.4 Å². The van der Waals surface area contributed by atoms with E-state index in [0.29, 0.717) is 12.0 Å². The van der Waals surface area contributed by atoms with Crippen LogP contribution in [0.2, 0.25) is 0 Å². The molecule has 19 heavy (non-hydrogen) atoms. The van der Waals surface area contributed by atoms with Crippen molar-refractivity contribution in [3.8, 4) is 0 Å². The van der Waals surface area contributed by atoms with Crippen LogP contribution in [0.1, 0.15) is 25.8 Å². The van der Waals surface area contributed by atoms with E-state index < -0.39 is 0 Å². The summed E-state index contributed by atoms with van der Waals surface area (Å²) in [5.41, 5.74) is 1.33. The maximum atomic E-state index is 9.53. The molecule has 2 N–H and O–H groups in total. The van der Waals surface area contributed by atoms with Gasteiger partial charge in [0.25, 0.3) is 0 Å². The molecule has 0 bridgehead atoms. The second kappa shape index (κ2) is 7.04. The lowest BCUT2D eigenvalue weighted by atomic mass is 9.99. The summed E-state index contributed by atoms with van der Waals surface area (Å²) in [5, 5.41) is 13.1. The maximum Gasteiger partial charge on any atom is 0.0599 e. The number of aliphatic hydroxyl groups excluding tert-OH is 1. The standard InChI is InChI=1S/C16H26N2O/c1-13(2)8-15-11-18(16(12-19)9-17-15)10-14-6-4-3-5-7-14/h3-7,13,15-17,19H,8-12H2,1-2H3. The summed E-state index contributed by atoms with van der Waals surface area (Å²) in [5.74, 6) is 0.710. The summed E-state index contributed by atoms with van der Waals surface area (Å²) in [7, 11) is 0. The Morgan fingerprint density at radius 3 is 2.68 bits per heavy atom. The van der Waals surface area contributed by atoms with Crippen LogP contribution in [0.15, 0.2) is 30.3 Å². The first-order valence-electron chi connectivity index (χ1n) is 7.31. The molecule has 1 heterocycles. The number of nitrogens with zero attached hydrogens (tertiary/aromatic N) is 1. The van der Waals surface area contributed by atoms with Crippen LogP contribution < -0.4 is 5.32 Å². The Balaban J connectivity index is 1.97. The lowest BCUT2D eigenvalue weighted by Gasteiger charge is -2.40. The third-order valence-electron chi connectivity index (χ3n) is 3.81. The molecule has 2 rings (SSSR count). The first-order valence-corrected chi connectivity index (χ1v) is 7.31. The molecule has 0 amide bonds. The maximum absolute atomic E-state index is 9.53. The van der Waals surface area contributed by atoms with Crippen molar-refractivity contribution in [2.24, 2.45) is 5.92 Å². The van der Waals surface area contributed by atoms with Crippen molar-refractivity contribution in [3.63, 3.8) is 0 Å². The van der Waals surface area contributed by atoms with Crippen LogP contribution in [0.4, 0.5) is 0 Å². The van der Waals surface area contributed by atoms with Gasteiger partial charge in [0, 0.05) is 31.7 Å². The van der Waals surface area contributed by atoms with Crippen LogP contribution in [-0.4, -0.2) is 41.8 Å². The molecule has 1 aromatic rings. The van der Waals surface area contributed by atoms with E-state index >= 15 is 0 Å². The van der Waals surface area contributed by atoms with Crippen LogP contribution in [0, 0.1) is 5.92 Å². The highest BCUT2D eigenvalue weighted by atomic mass is 16.3. The van der Waals surface area contributed by atoms with Crippen molar-refractivity contribution in [3.05, 3.63) is 35.9 Å². The SMILES string of the molecule is CC(C)CC1CN(Cc2ccccc2)C(CO)CN1. The van der Waals surface area contributed by atoms with Crippen LogP contribution in [0.3, 0.4) is 0 Å². The fourth-order valence-electron chi connectivity index (χ4n) is 2.85.